The molecule has 4 aromatic rings. The summed E-state index contributed by atoms with van der Waals surface area (Å²) in [5.41, 5.74) is 6.24. The third-order valence-electron chi connectivity index (χ3n) is 6.38. The van der Waals surface area contributed by atoms with Crippen molar-refractivity contribution in [1.82, 2.24) is 19.9 Å². The fourth-order valence-electron chi connectivity index (χ4n) is 4.52. The van der Waals surface area contributed by atoms with E-state index in [0.29, 0.717) is 23.8 Å². The molecule has 0 saturated carbocycles. The Kier molecular flexibility index (Phi) is 6.59. The van der Waals surface area contributed by atoms with Crippen LogP contribution in [0.3, 0.4) is 0 Å². The van der Waals surface area contributed by atoms with Crippen LogP contribution >= 0.6 is 0 Å². The van der Waals surface area contributed by atoms with Crippen molar-refractivity contribution in [3.05, 3.63) is 101 Å². The molecule has 0 saturated heterocycles. The van der Waals surface area contributed by atoms with Gasteiger partial charge in [0.1, 0.15) is 5.82 Å². The molecule has 35 heavy (non-hydrogen) atoms. The minimum absolute atomic E-state index is 0.135. The number of aliphatic hydroxyl groups excluding tert-OH is 1. The fraction of sp³-hybridized carbons (Fsp3) is 0.250. The zero-order valence-electron chi connectivity index (χ0n) is 19.7. The van der Waals surface area contributed by atoms with Crippen LogP contribution in [0.2, 0.25) is 0 Å². The van der Waals surface area contributed by atoms with E-state index in [1.807, 2.05) is 48.0 Å². The summed E-state index contributed by atoms with van der Waals surface area (Å²) in [6.07, 6.45) is 9.37. The lowest BCUT2D eigenvalue weighted by Gasteiger charge is -2.16. The van der Waals surface area contributed by atoms with Crippen molar-refractivity contribution < 1.29 is 9.90 Å². The Morgan fingerprint density at radius 2 is 1.94 bits per heavy atom. The minimum atomic E-state index is -0.364. The van der Waals surface area contributed by atoms with Gasteiger partial charge in [0, 0.05) is 29.8 Å². The highest BCUT2D eigenvalue weighted by atomic mass is 16.3. The number of anilines is 2. The molecular weight excluding hydrogens is 438 g/mol. The molecule has 0 fully saturated rings. The average Bonchev–Trinajstić information content (AvgIpc) is 3.55. The Balaban J connectivity index is 1.30. The first kappa shape index (κ1) is 22.8. The zero-order chi connectivity index (χ0) is 24.2. The van der Waals surface area contributed by atoms with Gasteiger partial charge in [-0.2, -0.15) is 4.98 Å². The van der Waals surface area contributed by atoms with Crippen molar-refractivity contribution in [2.75, 3.05) is 11.9 Å². The molecule has 3 N–H and O–H groups in total. The normalized spacial score (nSPS) is 13.3. The van der Waals surface area contributed by atoms with Crippen LogP contribution in [0.15, 0.2) is 73.2 Å². The number of carbonyl (C=O) groups is 1. The van der Waals surface area contributed by atoms with Gasteiger partial charge in [-0.05, 0) is 67.5 Å². The van der Waals surface area contributed by atoms with E-state index in [2.05, 4.69) is 33.8 Å². The third-order valence-corrected chi connectivity index (χ3v) is 6.38. The predicted molar refractivity (Wildman–Crippen MR) is 136 cm³/mol. The molecule has 2 heterocycles. The average molecular weight is 468 g/mol. The maximum absolute atomic E-state index is 12.9. The number of benzene rings is 2. The number of hydrogen-bond donors (Lipinski definition) is 3. The summed E-state index contributed by atoms with van der Waals surface area (Å²) in [5.74, 6) is 0.971. The third kappa shape index (κ3) is 5.25. The summed E-state index contributed by atoms with van der Waals surface area (Å²) in [5, 5.41) is 16.0. The van der Waals surface area contributed by atoms with Crippen molar-refractivity contribution >= 4 is 17.5 Å². The van der Waals surface area contributed by atoms with E-state index < -0.39 is 0 Å². The smallest absolute Gasteiger partial charge is 0.253 e. The van der Waals surface area contributed by atoms with Gasteiger partial charge in [-0.25, -0.2) is 4.98 Å². The highest BCUT2D eigenvalue weighted by molar-refractivity contribution is 5.94. The molecule has 2 aromatic carbocycles. The molecular formula is C28H29N5O2. The lowest BCUT2D eigenvalue weighted by Crippen LogP contribution is -2.39. The quantitative estimate of drug-likeness (QED) is 0.362. The second-order valence-electron chi connectivity index (χ2n) is 9.01. The van der Waals surface area contributed by atoms with Crippen molar-refractivity contribution in [3.8, 4) is 5.82 Å². The summed E-state index contributed by atoms with van der Waals surface area (Å²) in [4.78, 5) is 22.0. The van der Waals surface area contributed by atoms with Crippen molar-refractivity contribution in [1.29, 1.82) is 0 Å². The van der Waals surface area contributed by atoms with Crippen LogP contribution in [0.1, 0.15) is 39.0 Å². The second-order valence-corrected chi connectivity index (χ2v) is 9.01. The zero-order valence-corrected chi connectivity index (χ0v) is 19.7. The van der Waals surface area contributed by atoms with Gasteiger partial charge in [0.25, 0.3) is 5.91 Å². The first-order chi connectivity index (χ1) is 17.1. The SMILES string of the molecule is Cc1cnc(Nc2ccc3c(c2)CCC3)nc1-n1ccc(C(=O)N[C@H](CO)Cc2ccccc2)c1. The van der Waals surface area contributed by atoms with Crippen molar-refractivity contribution in [2.24, 2.45) is 0 Å². The van der Waals surface area contributed by atoms with Gasteiger partial charge in [0.15, 0.2) is 0 Å². The first-order valence-electron chi connectivity index (χ1n) is 12.0. The number of aliphatic hydroxyl groups is 1. The minimum Gasteiger partial charge on any atom is -0.394 e. The van der Waals surface area contributed by atoms with Crippen LogP contribution in [-0.2, 0) is 19.3 Å². The summed E-state index contributed by atoms with van der Waals surface area (Å²) in [6.45, 7) is 1.81. The largest absolute Gasteiger partial charge is 0.394 e. The highest BCUT2D eigenvalue weighted by Crippen LogP contribution is 2.26. The van der Waals surface area contributed by atoms with Gasteiger partial charge >= 0.3 is 0 Å². The summed E-state index contributed by atoms with van der Waals surface area (Å²) >= 11 is 0. The number of rotatable bonds is 8. The molecule has 1 atom stereocenters. The molecule has 7 heteroatoms. The number of hydrogen-bond acceptors (Lipinski definition) is 5. The monoisotopic (exact) mass is 467 g/mol. The number of aryl methyl sites for hydroxylation is 3. The number of fused-ring (bicyclic) bond motifs is 1. The molecule has 1 aliphatic rings. The Morgan fingerprint density at radius 3 is 2.77 bits per heavy atom. The van der Waals surface area contributed by atoms with Crippen LogP contribution in [0, 0.1) is 6.92 Å². The molecule has 2 aromatic heterocycles. The van der Waals surface area contributed by atoms with Crippen molar-refractivity contribution in [2.45, 2.75) is 38.6 Å². The standard InChI is InChI=1S/C28H29N5O2/c1-19-16-29-28(31-24-11-10-21-8-5-9-22(21)15-24)32-26(19)33-13-12-23(17-33)27(35)30-25(18-34)14-20-6-3-2-4-7-20/h2-4,6-7,10-13,15-17,25,34H,5,8-9,14,18H2,1H3,(H,30,35)(H,29,31,32)/t25-/m0/s1. The van der Waals surface area contributed by atoms with Gasteiger partial charge in [-0.1, -0.05) is 36.4 Å². The van der Waals surface area contributed by atoms with Gasteiger partial charge < -0.3 is 20.3 Å². The van der Waals surface area contributed by atoms with Crippen LogP contribution in [-0.4, -0.2) is 38.2 Å². The molecule has 0 radical (unpaired) electrons. The van der Waals surface area contributed by atoms with Gasteiger partial charge in [0.05, 0.1) is 18.2 Å². The molecule has 1 amide bonds. The molecule has 0 unspecified atom stereocenters. The van der Waals surface area contributed by atoms with Gasteiger partial charge in [0.2, 0.25) is 5.95 Å². The Labute approximate surface area is 204 Å². The van der Waals surface area contributed by atoms with E-state index in [9.17, 15) is 9.90 Å². The van der Waals surface area contributed by atoms with Crippen LogP contribution in [0.4, 0.5) is 11.6 Å². The topological polar surface area (TPSA) is 92.1 Å². The maximum Gasteiger partial charge on any atom is 0.253 e. The van der Waals surface area contributed by atoms with Crippen LogP contribution in [0.5, 0.6) is 0 Å². The van der Waals surface area contributed by atoms with Gasteiger partial charge in [-0.3, -0.25) is 4.79 Å². The number of carbonyl (C=O) groups excluding carboxylic acids is 1. The Bertz CT molecular complexity index is 1330. The lowest BCUT2D eigenvalue weighted by molar-refractivity contribution is 0.0916. The van der Waals surface area contributed by atoms with E-state index in [-0.39, 0.29) is 18.6 Å². The van der Waals surface area contributed by atoms with Crippen LogP contribution < -0.4 is 10.6 Å². The van der Waals surface area contributed by atoms with Gasteiger partial charge in [-0.15, -0.1) is 0 Å². The van der Waals surface area contributed by atoms with E-state index >= 15 is 0 Å². The molecule has 5 rings (SSSR count). The number of aromatic nitrogens is 3. The molecule has 1 aliphatic carbocycles. The molecule has 0 spiro atoms. The molecule has 178 valence electrons. The van der Waals surface area contributed by atoms with E-state index in [1.165, 1.54) is 17.5 Å². The maximum atomic E-state index is 12.9. The summed E-state index contributed by atoms with van der Waals surface area (Å²) in [6, 6.07) is 17.6. The Hall–Kier alpha value is -3.97. The molecule has 7 nitrogen and oxygen atoms in total. The van der Waals surface area contributed by atoms with E-state index in [1.54, 1.807) is 18.5 Å². The fourth-order valence-corrected chi connectivity index (χ4v) is 4.52. The Morgan fingerprint density at radius 1 is 1.11 bits per heavy atom. The number of nitrogens with one attached hydrogen (secondary N) is 2. The summed E-state index contributed by atoms with van der Waals surface area (Å²) < 4.78 is 1.82. The molecule has 0 bridgehead atoms. The number of nitrogens with zero attached hydrogens (tertiary/aromatic N) is 3. The molecule has 0 aliphatic heterocycles. The first-order valence-corrected chi connectivity index (χ1v) is 12.0. The number of amides is 1. The van der Waals surface area contributed by atoms with Crippen LogP contribution in [0.25, 0.3) is 5.82 Å². The predicted octanol–water partition coefficient (Wildman–Crippen LogP) is 4.14. The van der Waals surface area contributed by atoms with E-state index in [0.717, 1.165) is 29.7 Å². The lowest BCUT2D eigenvalue weighted by atomic mass is 10.1. The van der Waals surface area contributed by atoms with Crippen molar-refractivity contribution in [3.63, 3.8) is 0 Å². The summed E-state index contributed by atoms with van der Waals surface area (Å²) in [7, 11) is 0. The second kappa shape index (κ2) is 10.1. The van der Waals surface area contributed by atoms with E-state index in [4.69, 9.17) is 4.98 Å². The highest BCUT2D eigenvalue weighted by Gasteiger charge is 2.16.